The lowest BCUT2D eigenvalue weighted by Gasteiger charge is -2.39. The summed E-state index contributed by atoms with van der Waals surface area (Å²) in [5.41, 5.74) is -4.76. The average Bonchev–Trinajstić information content (AvgIpc) is 2.24. The molecule has 104 valence electrons. The fraction of sp³-hybridized carbons (Fsp3) is 1.00. The van der Waals surface area contributed by atoms with Gasteiger partial charge in [-0.3, -0.25) is 0 Å². The van der Waals surface area contributed by atoms with Gasteiger partial charge in [0.1, 0.15) is 13.3 Å². The highest BCUT2D eigenvalue weighted by Gasteiger charge is 2.80. The summed E-state index contributed by atoms with van der Waals surface area (Å²) in [6, 6.07) is 0. The first kappa shape index (κ1) is 16.3. The molecule has 0 spiro atoms. The molecule has 1 nitrogen and oxygen atoms in total. The summed E-state index contributed by atoms with van der Waals surface area (Å²) in [5, 5.41) is 0. The lowest BCUT2D eigenvalue weighted by Crippen LogP contribution is -2.67. The van der Waals surface area contributed by atoms with Gasteiger partial charge in [-0.25, -0.2) is 17.6 Å². The zero-order valence-corrected chi connectivity index (χ0v) is 8.22. The van der Waals surface area contributed by atoms with E-state index in [1.54, 1.807) is 0 Å². The maximum absolute atomic E-state index is 13.3. The van der Waals surface area contributed by atoms with Crippen molar-refractivity contribution >= 4 is 0 Å². The average molecular weight is 278 g/mol. The highest BCUT2D eigenvalue weighted by atomic mass is 19.4. The fourth-order valence-corrected chi connectivity index (χ4v) is 0.982. The number of hydrogen-bond donors (Lipinski definition) is 0. The van der Waals surface area contributed by atoms with E-state index in [-0.39, 0.29) is 7.11 Å². The van der Waals surface area contributed by atoms with Crippen molar-refractivity contribution in [3.8, 4) is 0 Å². The predicted molar refractivity (Wildman–Crippen MR) is 37.6 cm³/mol. The van der Waals surface area contributed by atoms with Crippen molar-refractivity contribution in [3.05, 3.63) is 0 Å². The lowest BCUT2D eigenvalue weighted by atomic mass is 9.92. The third-order valence-corrected chi connectivity index (χ3v) is 2.04. The number of rotatable bonds is 5. The van der Waals surface area contributed by atoms with Crippen LogP contribution in [0.4, 0.5) is 39.5 Å². The van der Waals surface area contributed by atoms with Gasteiger partial charge in [-0.05, 0) is 0 Å². The van der Waals surface area contributed by atoms with E-state index >= 15 is 0 Å². The van der Waals surface area contributed by atoms with Crippen LogP contribution in [0.5, 0.6) is 0 Å². The van der Waals surface area contributed by atoms with Gasteiger partial charge in [-0.2, -0.15) is 22.0 Å². The van der Waals surface area contributed by atoms with Gasteiger partial charge in [0.2, 0.25) is 5.67 Å². The molecule has 0 aromatic carbocycles. The van der Waals surface area contributed by atoms with E-state index < -0.39 is 37.0 Å². The fourth-order valence-electron chi connectivity index (χ4n) is 0.982. The zero-order valence-electron chi connectivity index (χ0n) is 8.22. The Labute approximate surface area is 89.5 Å². The molecule has 0 fully saturated rings. The molecule has 10 heteroatoms. The standard InChI is InChI=1S/C7H7F9O/c1-17-6(13,4(10,2-8)3-9)5(11,12)7(14,15)16/h2-3H2,1H3. The van der Waals surface area contributed by atoms with Gasteiger partial charge in [-0.15, -0.1) is 0 Å². The van der Waals surface area contributed by atoms with E-state index in [1.807, 2.05) is 0 Å². The largest absolute Gasteiger partial charge is 0.459 e. The van der Waals surface area contributed by atoms with Crippen LogP contribution in [0.1, 0.15) is 0 Å². The summed E-state index contributed by atoms with van der Waals surface area (Å²) in [6.45, 7) is -5.50. The van der Waals surface area contributed by atoms with Crippen molar-refractivity contribution < 1.29 is 44.3 Å². The Kier molecular flexibility index (Phi) is 4.36. The summed E-state index contributed by atoms with van der Waals surface area (Å²) in [5.74, 6) is -11.9. The van der Waals surface area contributed by atoms with Crippen LogP contribution in [0.3, 0.4) is 0 Å². The summed E-state index contributed by atoms with van der Waals surface area (Å²) in [7, 11) is -0.0563. The number of alkyl halides is 9. The van der Waals surface area contributed by atoms with Crippen LogP contribution >= 0.6 is 0 Å². The topological polar surface area (TPSA) is 9.23 Å². The molecule has 0 rings (SSSR count). The third kappa shape index (κ3) is 2.18. The van der Waals surface area contributed by atoms with Gasteiger partial charge in [0.05, 0.1) is 0 Å². The molecule has 0 bridgehead atoms. The Balaban J connectivity index is 5.73. The Morgan fingerprint density at radius 3 is 1.35 bits per heavy atom. The van der Waals surface area contributed by atoms with Crippen LogP contribution in [0.15, 0.2) is 0 Å². The molecule has 17 heavy (non-hydrogen) atoms. The number of halogens is 9. The van der Waals surface area contributed by atoms with E-state index in [4.69, 9.17) is 0 Å². The van der Waals surface area contributed by atoms with Crippen molar-refractivity contribution in [2.24, 2.45) is 0 Å². The summed E-state index contributed by atoms with van der Waals surface area (Å²) >= 11 is 0. The molecule has 0 saturated carbocycles. The smallest absolute Gasteiger partial charge is 0.342 e. The SMILES string of the molecule is COC(F)(C(F)(CF)CF)C(F)(F)C(F)(F)F. The minimum absolute atomic E-state index is 0.0563. The van der Waals surface area contributed by atoms with Crippen molar-refractivity contribution in [1.29, 1.82) is 0 Å². The van der Waals surface area contributed by atoms with E-state index in [2.05, 4.69) is 4.74 Å². The Hall–Kier alpha value is -0.670. The first-order chi connectivity index (χ1) is 7.43. The molecule has 0 aliphatic rings. The van der Waals surface area contributed by atoms with E-state index in [1.165, 1.54) is 0 Å². The summed E-state index contributed by atoms with van der Waals surface area (Å²) in [6.07, 6.45) is -6.57. The Morgan fingerprint density at radius 1 is 0.824 bits per heavy atom. The molecule has 0 heterocycles. The summed E-state index contributed by atoms with van der Waals surface area (Å²) in [4.78, 5) is 0. The second-order valence-corrected chi connectivity index (χ2v) is 3.10. The molecular formula is C7H7F9O. The van der Waals surface area contributed by atoms with Crippen molar-refractivity contribution in [1.82, 2.24) is 0 Å². The van der Waals surface area contributed by atoms with Gasteiger partial charge in [-0.1, -0.05) is 0 Å². The molecule has 0 aliphatic heterocycles. The molecule has 0 saturated heterocycles. The molecule has 0 radical (unpaired) electrons. The maximum atomic E-state index is 13.3. The van der Waals surface area contributed by atoms with Crippen molar-refractivity contribution in [3.63, 3.8) is 0 Å². The quantitative estimate of drug-likeness (QED) is 0.702. The van der Waals surface area contributed by atoms with E-state index in [0.717, 1.165) is 0 Å². The minimum atomic E-state index is -6.57. The van der Waals surface area contributed by atoms with Crippen LogP contribution in [0.25, 0.3) is 0 Å². The lowest BCUT2D eigenvalue weighted by molar-refractivity contribution is -0.408. The van der Waals surface area contributed by atoms with Crippen LogP contribution in [-0.4, -0.2) is 44.1 Å². The molecule has 1 unspecified atom stereocenters. The molecule has 0 aliphatic carbocycles. The number of hydrogen-bond acceptors (Lipinski definition) is 1. The van der Waals surface area contributed by atoms with Crippen LogP contribution in [0, 0.1) is 0 Å². The molecular weight excluding hydrogens is 271 g/mol. The number of methoxy groups -OCH3 is 1. The van der Waals surface area contributed by atoms with Crippen molar-refractivity contribution in [2.45, 2.75) is 23.6 Å². The third-order valence-electron chi connectivity index (χ3n) is 2.04. The number of ether oxygens (including phenoxy) is 1. The van der Waals surface area contributed by atoms with Crippen molar-refractivity contribution in [2.75, 3.05) is 20.5 Å². The van der Waals surface area contributed by atoms with Crippen LogP contribution in [0.2, 0.25) is 0 Å². The molecule has 1 atom stereocenters. The first-order valence-electron chi connectivity index (χ1n) is 3.93. The first-order valence-corrected chi connectivity index (χ1v) is 3.93. The minimum Gasteiger partial charge on any atom is -0.342 e. The maximum Gasteiger partial charge on any atom is 0.459 e. The van der Waals surface area contributed by atoms with Gasteiger partial charge >= 0.3 is 18.0 Å². The highest BCUT2D eigenvalue weighted by Crippen LogP contribution is 2.52. The van der Waals surface area contributed by atoms with Gasteiger partial charge in [0.15, 0.2) is 0 Å². The molecule has 0 aromatic heterocycles. The van der Waals surface area contributed by atoms with Crippen LogP contribution < -0.4 is 0 Å². The van der Waals surface area contributed by atoms with Gasteiger partial charge in [0, 0.05) is 7.11 Å². The van der Waals surface area contributed by atoms with E-state index in [9.17, 15) is 39.5 Å². The Morgan fingerprint density at radius 2 is 1.18 bits per heavy atom. The Bertz CT molecular complexity index is 259. The summed E-state index contributed by atoms with van der Waals surface area (Å²) < 4.78 is 114. The second kappa shape index (κ2) is 4.54. The second-order valence-electron chi connectivity index (χ2n) is 3.10. The monoisotopic (exact) mass is 278 g/mol. The van der Waals surface area contributed by atoms with Gasteiger partial charge in [0.25, 0.3) is 0 Å². The van der Waals surface area contributed by atoms with Gasteiger partial charge < -0.3 is 4.74 Å². The highest BCUT2D eigenvalue weighted by molar-refractivity contribution is 5.06. The van der Waals surface area contributed by atoms with Crippen LogP contribution in [-0.2, 0) is 4.74 Å². The molecule has 0 amide bonds. The normalized spacial score (nSPS) is 18.0. The predicted octanol–water partition coefficient (Wildman–Crippen LogP) is 3.14. The zero-order chi connectivity index (χ0) is 14.1. The van der Waals surface area contributed by atoms with E-state index in [0.29, 0.717) is 0 Å². The molecule has 0 N–H and O–H groups in total. The molecule has 0 aromatic rings.